The number of carbonyl (C=O) groups is 3. The minimum Gasteiger partial charge on any atom is -0.378 e. The minimum absolute atomic E-state index is 0.0140. The van der Waals surface area contributed by atoms with E-state index in [9.17, 15) is 14.4 Å². The van der Waals surface area contributed by atoms with Crippen molar-refractivity contribution < 1.29 is 23.9 Å². The standard InChI is InChI=1S/C38H42N6O5/c1-41(2)37(47)30-7-3-28(4-8-30)24-43-17-18-44-33(15-16-34(44)38(43)25-49-26-38)36(46)39-23-27-5-11-31(12-6-27)40-35(45)29-9-13-32(14-10-29)42-19-21-48-22-20-42/h3-16H,17-26H2,1-2H3,(H,39,46)(H,40,45). The highest BCUT2D eigenvalue weighted by atomic mass is 16.5. The predicted molar refractivity (Wildman–Crippen MR) is 187 cm³/mol. The van der Waals surface area contributed by atoms with Crippen LogP contribution in [0.5, 0.6) is 0 Å². The Bertz CT molecular complexity index is 1810. The summed E-state index contributed by atoms with van der Waals surface area (Å²) in [4.78, 5) is 44.8. The average molecular weight is 663 g/mol. The van der Waals surface area contributed by atoms with Crippen LogP contribution in [0.25, 0.3) is 0 Å². The van der Waals surface area contributed by atoms with Crippen molar-refractivity contribution in [3.63, 3.8) is 0 Å². The van der Waals surface area contributed by atoms with Crippen molar-refractivity contribution in [1.82, 2.24) is 19.7 Å². The van der Waals surface area contributed by atoms with E-state index in [2.05, 4.69) is 31.1 Å². The van der Waals surface area contributed by atoms with Crippen LogP contribution in [0.15, 0.2) is 84.9 Å². The van der Waals surface area contributed by atoms with Gasteiger partial charge in [-0.3, -0.25) is 19.3 Å². The maximum absolute atomic E-state index is 13.4. The molecule has 3 amide bonds. The molecule has 3 aliphatic rings. The predicted octanol–water partition coefficient (Wildman–Crippen LogP) is 3.95. The highest BCUT2D eigenvalue weighted by Gasteiger charge is 2.50. The van der Waals surface area contributed by atoms with Crippen molar-refractivity contribution in [3.8, 4) is 0 Å². The number of rotatable bonds is 9. The number of fused-ring (bicyclic) bond motifs is 2. The molecule has 0 bridgehead atoms. The molecule has 3 aliphatic heterocycles. The second-order valence-corrected chi connectivity index (χ2v) is 13.1. The molecule has 1 spiro atoms. The zero-order valence-electron chi connectivity index (χ0n) is 28.0. The Morgan fingerprint density at radius 1 is 0.735 bits per heavy atom. The van der Waals surface area contributed by atoms with Gasteiger partial charge in [-0.2, -0.15) is 0 Å². The number of anilines is 2. The molecule has 7 rings (SSSR count). The lowest BCUT2D eigenvalue weighted by molar-refractivity contribution is -0.162. The minimum atomic E-state index is -0.292. The van der Waals surface area contributed by atoms with E-state index in [-0.39, 0.29) is 23.3 Å². The topological polar surface area (TPSA) is 108 Å². The number of aromatic nitrogens is 1. The molecule has 0 unspecified atom stereocenters. The first kappa shape index (κ1) is 32.6. The first-order valence-electron chi connectivity index (χ1n) is 16.8. The molecule has 254 valence electrons. The largest absolute Gasteiger partial charge is 0.378 e. The smallest absolute Gasteiger partial charge is 0.268 e. The zero-order chi connectivity index (χ0) is 34.0. The van der Waals surface area contributed by atoms with E-state index >= 15 is 0 Å². The summed E-state index contributed by atoms with van der Waals surface area (Å²) >= 11 is 0. The number of benzene rings is 3. The van der Waals surface area contributed by atoms with Gasteiger partial charge in [-0.15, -0.1) is 0 Å². The molecule has 2 fully saturated rings. The van der Waals surface area contributed by atoms with Crippen LogP contribution in [-0.2, 0) is 34.6 Å². The Morgan fingerprint density at radius 3 is 2.06 bits per heavy atom. The van der Waals surface area contributed by atoms with E-state index in [0.29, 0.717) is 62.0 Å². The van der Waals surface area contributed by atoms with Gasteiger partial charge in [-0.25, -0.2) is 0 Å². The van der Waals surface area contributed by atoms with Gasteiger partial charge in [0.25, 0.3) is 17.7 Å². The van der Waals surface area contributed by atoms with Gasteiger partial charge in [-0.1, -0.05) is 24.3 Å². The number of hydrogen-bond acceptors (Lipinski definition) is 7. The Hall–Kier alpha value is -4.97. The van der Waals surface area contributed by atoms with E-state index in [1.165, 1.54) is 0 Å². The van der Waals surface area contributed by atoms with Gasteiger partial charge in [0, 0.05) is 81.6 Å². The van der Waals surface area contributed by atoms with Gasteiger partial charge in [0.15, 0.2) is 0 Å². The molecule has 2 saturated heterocycles. The van der Waals surface area contributed by atoms with Gasteiger partial charge in [-0.05, 0) is 71.8 Å². The first-order valence-corrected chi connectivity index (χ1v) is 16.8. The number of carbonyl (C=O) groups excluding carboxylic acids is 3. The second-order valence-electron chi connectivity index (χ2n) is 13.1. The van der Waals surface area contributed by atoms with E-state index in [1.807, 2.05) is 78.9 Å². The third kappa shape index (κ3) is 6.69. The van der Waals surface area contributed by atoms with Gasteiger partial charge >= 0.3 is 0 Å². The molecule has 2 N–H and O–H groups in total. The third-order valence-electron chi connectivity index (χ3n) is 9.72. The van der Waals surface area contributed by atoms with Crippen LogP contribution in [0.4, 0.5) is 11.4 Å². The number of hydrogen-bond donors (Lipinski definition) is 2. The zero-order valence-corrected chi connectivity index (χ0v) is 28.0. The van der Waals surface area contributed by atoms with Crippen LogP contribution >= 0.6 is 0 Å². The quantitative estimate of drug-likeness (QED) is 0.280. The summed E-state index contributed by atoms with van der Waals surface area (Å²) in [6.07, 6.45) is 0. The Morgan fingerprint density at radius 2 is 1.41 bits per heavy atom. The molecule has 3 aromatic carbocycles. The van der Waals surface area contributed by atoms with Crippen molar-refractivity contribution in [3.05, 3.63) is 119 Å². The first-order chi connectivity index (χ1) is 23.8. The molecule has 49 heavy (non-hydrogen) atoms. The highest BCUT2D eigenvalue weighted by molar-refractivity contribution is 6.04. The summed E-state index contributed by atoms with van der Waals surface area (Å²) in [5.41, 5.74) is 6.53. The second kappa shape index (κ2) is 13.9. The van der Waals surface area contributed by atoms with Crippen LogP contribution in [0.2, 0.25) is 0 Å². The molecule has 11 heteroatoms. The van der Waals surface area contributed by atoms with E-state index in [4.69, 9.17) is 9.47 Å². The lowest BCUT2D eigenvalue weighted by Crippen LogP contribution is -2.63. The van der Waals surface area contributed by atoms with Crippen LogP contribution in [0.1, 0.15) is 48.0 Å². The lowest BCUT2D eigenvalue weighted by atomic mass is 9.88. The number of ether oxygens (including phenoxy) is 2. The number of nitrogens with one attached hydrogen (secondary N) is 2. The number of nitrogens with zero attached hydrogens (tertiary/aromatic N) is 4. The molecular formula is C38H42N6O5. The normalized spacial score (nSPS) is 16.8. The molecule has 0 aliphatic carbocycles. The third-order valence-corrected chi connectivity index (χ3v) is 9.72. The summed E-state index contributed by atoms with van der Waals surface area (Å²) in [5, 5.41) is 6.03. The Kier molecular flexibility index (Phi) is 9.22. The summed E-state index contributed by atoms with van der Waals surface area (Å²) in [6, 6.07) is 26.9. The summed E-state index contributed by atoms with van der Waals surface area (Å²) < 4.78 is 13.3. The summed E-state index contributed by atoms with van der Waals surface area (Å²) in [5.74, 6) is -0.316. The van der Waals surface area contributed by atoms with Gasteiger partial charge < -0.3 is 34.5 Å². The molecule has 0 radical (unpaired) electrons. The molecule has 1 aromatic heterocycles. The van der Waals surface area contributed by atoms with Crippen molar-refractivity contribution in [2.45, 2.75) is 25.2 Å². The molecule has 0 saturated carbocycles. The number of morpholine rings is 1. The fraction of sp³-hybridized carbons (Fsp3) is 0.342. The monoisotopic (exact) mass is 662 g/mol. The number of amides is 3. The SMILES string of the molecule is CN(C)C(=O)c1ccc(CN2CCn3c(C(=O)NCc4ccc(NC(=O)c5ccc(N6CCOCC6)cc5)cc4)ccc3C23COC3)cc1. The summed E-state index contributed by atoms with van der Waals surface area (Å²) in [6.45, 7) is 6.81. The van der Waals surface area contributed by atoms with E-state index < -0.39 is 0 Å². The van der Waals surface area contributed by atoms with Crippen molar-refractivity contribution in [2.75, 3.05) is 70.4 Å². The molecule has 4 aromatic rings. The van der Waals surface area contributed by atoms with Crippen molar-refractivity contribution in [1.29, 1.82) is 0 Å². The van der Waals surface area contributed by atoms with Crippen LogP contribution < -0.4 is 15.5 Å². The van der Waals surface area contributed by atoms with Gasteiger partial charge in [0.1, 0.15) is 11.2 Å². The maximum Gasteiger partial charge on any atom is 0.268 e. The van der Waals surface area contributed by atoms with E-state index in [0.717, 1.165) is 48.7 Å². The van der Waals surface area contributed by atoms with Crippen LogP contribution in [-0.4, -0.2) is 92.2 Å². The highest BCUT2D eigenvalue weighted by Crippen LogP contribution is 2.41. The Labute approximate surface area is 286 Å². The lowest BCUT2D eigenvalue weighted by Gasteiger charge is -2.53. The van der Waals surface area contributed by atoms with Crippen molar-refractivity contribution >= 4 is 29.1 Å². The average Bonchev–Trinajstić information content (AvgIpc) is 3.55. The van der Waals surface area contributed by atoms with Gasteiger partial charge in [0.2, 0.25) is 0 Å². The molecular weight excluding hydrogens is 620 g/mol. The molecule has 11 nitrogen and oxygen atoms in total. The van der Waals surface area contributed by atoms with Crippen LogP contribution in [0.3, 0.4) is 0 Å². The van der Waals surface area contributed by atoms with E-state index in [1.54, 1.807) is 19.0 Å². The molecule has 4 heterocycles. The molecule has 0 atom stereocenters. The van der Waals surface area contributed by atoms with Gasteiger partial charge in [0.05, 0.1) is 26.4 Å². The van der Waals surface area contributed by atoms with Crippen LogP contribution in [0, 0.1) is 0 Å². The Balaban J connectivity index is 0.941. The van der Waals surface area contributed by atoms with Crippen molar-refractivity contribution in [2.24, 2.45) is 0 Å². The fourth-order valence-electron chi connectivity index (χ4n) is 6.82. The maximum atomic E-state index is 13.4. The fourth-order valence-corrected chi connectivity index (χ4v) is 6.82. The summed E-state index contributed by atoms with van der Waals surface area (Å²) in [7, 11) is 3.50.